The number of phenolic OH excluding ortho intramolecular Hbond substituents is 2. The molecule has 2 N–H and O–H groups in total. The summed E-state index contributed by atoms with van der Waals surface area (Å²) in [6.45, 7) is 0. The molecule has 0 radical (unpaired) electrons. The third kappa shape index (κ3) is 1.73. The lowest BCUT2D eigenvalue weighted by atomic mass is 9.72. The van der Waals surface area contributed by atoms with Gasteiger partial charge in [-0.25, -0.2) is 9.18 Å². The number of phenols is 2. The van der Waals surface area contributed by atoms with Crippen molar-refractivity contribution in [2.24, 2.45) is 4.99 Å². The zero-order valence-corrected chi connectivity index (χ0v) is 10.3. The number of aromatic hydroxyl groups is 2. The van der Waals surface area contributed by atoms with Gasteiger partial charge in [0.25, 0.3) is 0 Å². The highest BCUT2D eigenvalue weighted by Gasteiger charge is 2.43. The lowest BCUT2D eigenvalue weighted by Gasteiger charge is -2.38. The van der Waals surface area contributed by atoms with Crippen molar-refractivity contribution in [2.45, 2.75) is 24.8 Å². The van der Waals surface area contributed by atoms with E-state index in [1.54, 1.807) is 0 Å². The maximum Gasteiger partial charge on any atom is 0.235 e. The van der Waals surface area contributed by atoms with E-state index in [4.69, 9.17) is 0 Å². The average Bonchev–Trinajstić information content (AvgIpc) is 2.22. The van der Waals surface area contributed by atoms with E-state index in [1.165, 1.54) is 6.08 Å². The molecule has 0 spiro atoms. The van der Waals surface area contributed by atoms with Gasteiger partial charge in [0.2, 0.25) is 6.08 Å². The number of aliphatic imine (C=N–C) groups is 1. The number of benzene rings is 1. The molecule has 1 fully saturated rings. The lowest BCUT2D eigenvalue weighted by molar-refractivity contribution is 0.244. The first-order valence-corrected chi connectivity index (χ1v) is 5.80. The van der Waals surface area contributed by atoms with Gasteiger partial charge in [0, 0.05) is 11.6 Å². The van der Waals surface area contributed by atoms with Crippen molar-refractivity contribution in [3.05, 3.63) is 21.9 Å². The van der Waals surface area contributed by atoms with Gasteiger partial charge in [-0.3, -0.25) is 0 Å². The molecule has 0 atom stereocenters. The van der Waals surface area contributed by atoms with Gasteiger partial charge in [-0.15, -0.1) is 0 Å². The number of isocyanates is 1. The first kappa shape index (κ1) is 12.1. The van der Waals surface area contributed by atoms with Gasteiger partial charge in [0.15, 0.2) is 11.5 Å². The smallest absolute Gasteiger partial charge is 0.235 e. The molecule has 17 heavy (non-hydrogen) atoms. The summed E-state index contributed by atoms with van der Waals surface area (Å²) < 4.78 is 13.9. The van der Waals surface area contributed by atoms with Gasteiger partial charge in [-0.2, -0.15) is 4.99 Å². The van der Waals surface area contributed by atoms with Crippen LogP contribution in [-0.4, -0.2) is 16.3 Å². The Morgan fingerprint density at radius 3 is 2.59 bits per heavy atom. The van der Waals surface area contributed by atoms with Gasteiger partial charge < -0.3 is 10.2 Å². The van der Waals surface area contributed by atoms with Crippen molar-refractivity contribution in [3.8, 4) is 11.5 Å². The van der Waals surface area contributed by atoms with E-state index in [9.17, 15) is 19.4 Å². The number of nitrogens with zero attached hydrogens (tertiary/aromatic N) is 1. The molecule has 0 heterocycles. The van der Waals surface area contributed by atoms with Crippen LogP contribution in [0.1, 0.15) is 24.8 Å². The fraction of sp³-hybridized carbons (Fsp3) is 0.364. The topological polar surface area (TPSA) is 69.9 Å². The highest BCUT2D eigenvalue weighted by Crippen LogP contribution is 2.51. The predicted molar refractivity (Wildman–Crippen MR) is 61.1 cm³/mol. The number of halogens is 2. The molecule has 2 rings (SSSR count). The van der Waals surface area contributed by atoms with Gasteiger partial charge in [-0.1, -0.05) is 0 Å². The number of rotatable bonds is 2. The second-order valence-electron chi connectivity index (χ2n) is 4.00. The minimum absolute atomic E-state index is 0.0358. The first-order chi connectivity index (χ1) is 8.02. The molecule has 0 aromatic heterocycles. The van der Waals surface area contributed by atoms with Crippen LogP contribution in [0, 0.1) is 5.82 Å². The van der Waals surface area contributed by atoms with E-state index in [1.807, 2.05) is 0 Å². The van der Waals surface area contributed by atoms with Crippen LogP contribution in [0.25, 0.3) is 0 Å². The quantitative estimate of drug-likeness (QED) is 0.501. The number of hydrogen-bond acceptors (Lipinski definition) is 4. The predicted octanol–water partition coefficient (Wildman–Crippen LogP) is 2.71. The molecule has 1 aliphatic carbocycles. The molecule has 1 aromatic carbocycles. The number of hydrogen-bond donors (Lipinski definition) is 2. The van der Waals surface area contributed by atoms with Gasteiger partial charge >= 0.3 is 0 Å². The summed E-state index contributed by atoms with van der Waals surface area (Å²) in [5, 5.41) is 18.8. The van der Waals surface area contributed by atoms with Crippen molar-refractivity contribution in [1.29, 1.82) is 0 Å². The molecular weight excluding hydrogens is 293 g/mol. The third-order valence-electron chi connectivity index (χ3n) is 3.08. The van der Waals surface area contributed by atoms with Crippen LogP contribution in [-0.2, 0) is 10.3 Å². The minimum Gasteiger partial charge on any atom is -0.504 e. The SMILES string of the molecule is O=C=NC1(c2c(F)cc(O)c(O)c2Br)CCC1. The van der Waals surface area contributed by atoms with E-state index in [0.717, 1.165) is 12.5 Å². The van der Waals surface area contributed by atoms with Crippen LogP contribution in [0.2, 0.25) is 0 Å². The maximum atomic E-state index is 13.8. The van der Waals surface area contributed by atoms with Crippen LogP contribution in [0.4, 0.5) is 4.39 Å². The molecule has 1 aromatic rings. The van der Waals surface area contributed by atoms with Crippen molar-refractivity contribution >= 4 is 22.0 Å². The highest BCUT2D eigenvalue weighted by atomic mass is 79.9. The summed E-state index contributed by atoms with van der Waals surface area (Å²) in [6, 6.07) is 0.815. The van der Waals surface area contributed by atoms with E-state index in [0.29, 0.717) is 12.8 Å². The Kier molecular flexibility index (Phi) is 2.93. The third-order valence-corrected chi connectivity index (χ3v) is 3.85. The zero-order chi connectivity index (χ0) is 12.6. The fourth-order valence-electron chi connectivity index (χ4n) is 2.04. The van der Waals surface area contributed by atoms with Gasteiger partial charge in [-0.05, 0) is 35.2 Å². The first-order valence-electron chi connectivity index (χ1n) is 5.01. The molecular formula is C11H9BrFNO3. The summed E-state index contributed by atoms with van der Waals surface area (Å²) in [4.78, 5) is 14.1. The Morgan fingerprint density at radius 2 is 2.12 bits per heavy atom. The van der Waals surface area contributed by atoms with Gasteiger partial charge in [0.05, 0.1) is 4.47 Å². The molecule has 4 nitrogen and oxygen atoms in total. The Balaban J connectivity index is 2.66. The Morgan fingerprint density at radius 1 is 1.47 bits per heavy atom. The lowest BCUT2D eigenvalue weighted by Crippen LogP contribution is -2.33. The summed E-state index contributed by atoms with van der Waals surface area (Å²) >= 11 is 3.02. The van der Waals surface area contributed by atoms with Crippen molar-refractivity contribution in [1.82, 2.24) is 0 Å². The van der Waals surface area contributed by atoms with E-state index in [-0.39, 0.29) is 10.0 Å². The van der Waals surface area contributed by atoms with Crippen molar-refractivity contribution in [2.75, 3.05) is 0 Å². The Bertz CT molecular complexity index is 522. The molecule has 90 valence electrons. The summed E-state index contributed by atoms with van der Waals surface area (Å²) in [5.74, 6) is -1.71. The van der Waals surface area contributed by atoms with E-state index >= 15 is 0 Å². The van der Waals surface area contributed by atoms with Gasteiger partial charge in [0.1, 0.15) is 11.4 Å². The average molecular weight is 302 g/mol. The molecule has 1 saturated carbocycles. The van der Waals surface area contributed by atoms with Crippen molar-refractivity contribution in [3.63, 3.8) is 0 Å². The van der Waals surface area contributed by atoms with Crippen LogP contribution in [0.3, 0.4) is 0 Å². The monoisotopic (exact) mass is 301 g/mol. The molecule has 1 aliphatic rings. The van der Waals surface area contributed by atoms with E-state index in [2.05, 4.69) is 20.9 Å². The Hall–Kier alpha value is -1.39. The molecule has 0 bridgehead atoms. The molecule has 0 aliphatic heterocycles. The standard InChI is InChI=1S/C11H9BrFNO3/c12-9-8(6(13)4-7(16)10(9)17)11(14-5-15)2-1-3-11/h4,16-17H,1-3H2. The van der Waals surface area contributed by atoms with Crippen LogP contribution in [0.5, 0.6) is 11.5 Å². The normalized spacial score (nSPS) is 17.1. The second kappa shape index (κ2) is 4.13. The molecule has 6 heteroatoms. The maximum absolute atomic E-state index is 13.8. The Labute approximate surface area is 105 Å². The van der Waals surface area contributed by atoms with Crippen molar-refractivity contribution < 1.29 is 19.4 Å². The van der Waals surface area contributed by atoms with Crippen LogP contribution in [0.15, 0.2) is 15.5 Å². The molecule has 0 saturated heterocycles. The molecule has 0 unspecified atom stereocenters. The highest BCUT2D eigenvalue weighted by molar-refractivity contribution is 9.10. The van der Waals surface area contributed by atoms with E-state index < -0.39 is 22.9 Å². The van der Waals surface area contributed by atoms with Crippen LogP contribution < -0.4 is 0 Å². The minimum atomic E-state index is -0.962. The van der Waals surface area contributed by atoms with Crippen LogP contribution >= 0.6 is 15.9 Å². The largest absolute Gasteiger partial charge is 0.504 e. The summed E-state index contributed by atoms with van der Waals surface area (Å²) in [7, 11) is 0. The zero-order valence-electron chi connectivity index (χ0n) is 8.70. The summed E-state index contributed by atoms with van der Waals surface area (Å²) in [6.07, 6.45) is 3.29. The summed E-state index contributed by atoms with van der Waals surface area (Å²) in [5.41, 5.74) is -0.863. The number of carbonyl (C=O) groups excluding carboxylic acids is 1. The molecule has 0 amide bonds. The second-order valence-corrected chi connectivity index (χ2v) is 4.80. The fourth-order valence-corrected chi connectivity index (χ4v) is 2.80.